The van der Waals surface area contributed by atoms with Gasteiger partial charge in [-0.25, -0.2) is 9.97 Å². The molecule has 4 nitrogen and oxygen atoms in total. The van der Waals surface area contributed by atoms with Crippen LogP contribution in [-0.2, 0) is 6.42 Å². The zero-order valence-corrected chi connectivity index (χ0v) is 9.07. The quantitative estimate of drug-likeness (QED) is 0.824. The first-order valence-electron chi connectivity index (χ1n) is 3.90. The van der Waals surface area contributed by atoms with Gasteiger partial charge in [0.25, 0.3) is 0 Å². The highest BCUT2D eigenvalue weighted by molar-refractivity contribution is 5.85. The molecule has 0 saturated carbocycles. The van der Waals surface area contributed by atoms with Gasteiger partial charge in [-0.1, -0.05) is 0 Å². The molecule has 0 bridgehead atoms. The minimum Gasteiger partial charge on any atom is -0.341 e. The van der Waals surface area contributed by atoms with E-state index in [1.165, 1.54) is 0 Å². The van der Waals surface area contributed by atoms with Crippen LogP contribution in [-0.4, -0.2) is 21.5 Å². The summed E-state index contributed by atoms with van der Waals surface area (Å²) in [7, 11) is 0. The number of fused-ring (bicyclic) bond motifs is 1. The zero-order valence-electron chi connectivity index (χ0n) is 7.43. The van der Waals surface area contributed by atoms with Gasteiger partial charge in [0.15, 0.2) is 5.65 Å². The van der Waals surface area contributed by atoms with Gasteiger partial charge < -0.3 is 10.7 Å². The Morgan fingerprint density at radius 3 is 2.79 bits per heavy atom. The summed E-state index contributed by atoms with van der Waals surface area (Å²) >= 11 is 0. The van der Waals surface area contributed by atoms with E-state index in [4.69, 9.17) is 5.73 Å². The standard InChI is InChI=1S/C8H10N4.2ClH/c9-4-3-7-11-6-2-1-5-10-8(6)12-7;;/h1-2,5H,3-4,9H2,(H,10,11,12);2*1H. The fourth-order valence-electron chi connectivity index (χ4n) is 1.15. The molecule has 0 aliphatic heterocycles. The topological polar surface area (TPSA) is 67.6 Å². The molecule has 0 aliphatic rings. The SMILES string of the molecule is Cl.Cl.NCCc1nc2ncccc2[nH]1. The predicted octanol–water partition coefficient (Wildman–Crippen LogP) is 1.30. The molecular formula is C8H12Cl2N4. The fraction of sp³-hybridized carbons (Fsp3) is 0.250. The summed E-state index contributed by atoms with van der Waals surface area (Å²) in [5, 5.41) is 0. The van der Waals surface area contributed by atoms with Crippen molar-refractivity contribution >= 4 is 36.0 Å². The summed E-state index contributed by atoms with van der Waals surface area (Å²) in [6.45, 7) is 0.611. The number of imidazole rings is 1. The maximum absolute atomic E-state index is 5.40. The fourth-order valence-corrected chi connectivity index (χ4v) is 1.15. The molecule has 0 radical (unpaired) electrons. The third-order valence-electron chi connectivity index (χ3n) is 1.69. The molecule has 3 N–H and O–H groups in total. The number of aromatic nitrogens is 3. The van der Waals surface area contributed by atoms with Gasteiger partial charge in [0.05, 0.1) is 5.52 Å². The van der Waals surface area contributed by atoms with E-state index in [-0.39, 0.29) is 24.8 Å². The lowest BCUT2D eigenvalue weighted by atomic mass is 10.4. The van der Waals surface area contributed by atoms with Crippen LogP contribution in [0.2, 0.25) is 0 Å². The van der Waals surface area contributed by atoms with E-state index in [1.807, 2.05) is 12.1 Å². The first kappa shape index (κ1) is 13.2. The molecule has 0 saturated heterocycles. The van der Waals surface area contributed by atoms with Gasteiger partial charge in [-0.15, -0.1) is 24.8 Å². The van der Waals surface area contributed by atoms with E-state index >= 15 is 0 Å². The Morgan fingerprint density at radius 1 is 1.36 bits per heavy atom. The second-order valence-electron chi connectivity index (χ2n) is 2.60. The molecule has 78 valence electrons. The summed E-state index contributed by atoms with van der Waals surface area (Å²) in [5.41, 5.74) is 7.14. The number of hydrogen-bond donors (Lipinski definition) is 2. The number of nitrogens with two attached hydrogens (primary N) is 1. The van der Waals surface area contributed by atoms with Crippen LogP contribution < -0.4 is 5.73 Å². The van der Waals surface area contributed by atoms with E-state index < -0.39 is 0 Å². The average Bonchev–Trinajstić information content (AvgIpc) is 2.47. The molecule has 0 spiro atoms. The van der Waals surface area contributed by atoms with Crippen LogP contribution >= 0.6 is 24.8 Å². The highest BCUT2D eigenvalue weighted by Gasteiger charge is 2.00. The highest BCUT2D eigenvalue weighted by Crippen LogP contribution is 2.06. The Morgan fingerprint density at radius 2 is 2.14 bits per heavy atom. The normalized spacial score (nSPS) is 9.21. The van der Waals surface area contributed by atoms with E-state index in [1.54, 1.807) is 6.20 Å². The first-order valence-corrected chi connectivity index (χ1v) is 3.90. The number of H-pyrrole nitrogens is 1. The summed E-state index contributed by atoms with van der Waals surface area (Å²) in [6, 6.07) is 3.84. The van der Waals surface area contributed by atoms with Crippen LogP contribution in [0.1, 0.15) is 5.82 Å². The summed E-state index contributed by atoms with van der Waals surface area (Å²) in [5.74, 6) is 0.909. The van der Waals surface area contributed by atoms with Gasteiger partial charge in [0.2, 0.25) is 0 Å². The minimum absolute atomic E-state index is 0. The van der Waals surface area contributed by atoms with E-state index in [9.17, 15) is 0 Å². The molecule has 14 heavy (non-hydrogen) atoms. The highest BCUT2D eigenvalue weighted by atomic mass is 35.5. The van der Waals surface area contributed by atoms with Crippen LogP contribution in [0.4, 0.5) is 0 Å². The van der Waals surface area contributed by atoms with Gasteiger partial charge in [0.1, 0.15) is 5.82 Å². The van der Waals surface area contributed by atoms with Crippen LogP contribution in [0, 0.1) is 0 Å². The zero-order chi connectivity index (χ0) is 8.39. The molecule has 0 aromatic carbocycles. The Kier molecular flexibility index (Phi) is 5.45. The third kappa shape index (κ3) is 2.57. The summed E-state index contributed by atoms with van der Waals surface area (Å²) in [6.07, 6.45) is 2.51. The van der Waals surface area contributed by atoms with Crippen LogP contribution in [0.5, 0.6) is 0 Å². The number of pyridine rings is 1. The monoisotopic (exact) mass is 234 g/mol. The lowest BCUT2D eigenvalue weighted by molar-refractivity contribution is 0.899. The smallest absolute Gasteiger partial charge is 0.177 e. The second-order valence-corrected chi connectivity index (χ2v) is 2.60. The van der Waals surface area contributed by atoms with Crippen molar-refractivity contribution in [2.45, 2.75) is 6.42 Å². The van der Waals surface area contributed by atoms with Gasteiger partial charge in [-0.3, -0.25) is 0 Å². The van der Waals surface area contributed by atoms with Crippen molar-refractivity contribution in [3.05, 3.63) is 24.2 Å². The van der Waals surface area contributed by atoms with Crippen molar-refractivity contribution in [3.8, 4) is 0 Å². The van der Waals surface area contributed by atoms with Gasteiger partial charge in [0, 0.05) is 12.6 Å². The molecule has 2 aromatic heterocycles. The second kappa shape index (κ2) is 5.80. The van der Waals surface area contributed by atoms with E-state index in [0.717, 1.165) is 23.4 Å². The Hall–Kier alpha value is -0.840. The van der Waals surface area contributed by atoms with Gasteiger partial charge in [-0.2, -0.15) is 0 Å². The Labute approximate surface area is 94.1 Å². The van der Waals surface area contributed by atoms with E-state index in [2.05, 4.69) is 15.0 Å². The number of rotatable bonds is 2. The number of hydrogen-bond acceptors (Lipinski definition) is 3. The Balaban J connectivity index is 0.000000845. The number of aromatic amines is 1. The molecule has 0 aliphatic carbocycles. The van der Waals surface area contributed by atoms with Crippen molar-refractivity contribution in [2.24, 2.45) is 5.73 Å². The maximum atomic E-state index is 5.40. The molecule has 2 aromatic rings. The Bertz CT molecular complexity index is 354. The molecule has 0 amide bonds. The van der Waals surface area contributed by atoms with Crippen molar-refractivity contribution < 1.29 is 0 Å². The van der Waals surface area contributed by atoms with Crippen molar-refractivity contribution in [2.75, 3.05) is 6.54 Å². The van der Waals surface area contributed by atoms with Crippen LogP contribution in [0.25, 0.3) is 11.2 Å². The van der Waals surface area contributed by atoms with E-state index in [0.29, 0.717) is 6.54 Å². The number of nitrogens with zero attached hydrogens (tertiary/aromatic N) is 2. The summed E-state index contributed by atoms with van der Waals surface area (Å²) < 4.78 is 0. The lowest BCUT2D eigenvalue weighted by Gasteiger charge is -1.86. The number of halogens is 2. The largest absolute Gasteiger partial charge is 0.341 e. The van der Waals surface area contributed by atoms with Crippen molar-refractivity contribution in [1.29, 1.82) is 0 Å². The van der Waals surface area contributed by atoms with Crippen LogP contribution in [0.3, 0.4) is 0 Å². The molecular weight excluding hydrogens is 223 g/mol. The van der Waals surface area contributed by atoms with Gasteiger partial charge >= 0.3 is 0 Å². The summed E-state index contributed by atoms with van der Waals surface area (Å²) in [4.78, 5) is 11.5. The van der Waals surface area contributed by atoms with Gasteiger partial charge in [-0.05, 0) is 18.7 Å². The van der Waals surface area contributed by atoms with Crippen molar-refractivity contribution in [3.63, 3.8) is 0 Å². The molecule has 6 heteroatoms. The molecule has 0 unspecified atom stereocenters. The minimum atomic E-state index is 0. The molecule has 0 fully saturated rings. The number of nitrogens with one attached hydrogen (secondary N) is 1. The van der Waals surface area contributed by atoms with Crippen LogP contribution in [0.15, 0.2) is 18.3 Å². The molecule has 0 atom stereocenters. The maximum Gasteiger partial charge on any atom is 0.177 e. The lowest BCUT2D eigenvalue weighted by Crippen LogP contribution is -2.03. The molecule has 2 heterocycles. The average molecular weight is 235 g/mol. The molecule has 2 rings (SSSR count). The third-order valence-corrected chi connectivity index (χ3v) is 1.69. The first-order chi connectivity index (χ1) is 5.90. The predicted molar refractivity (Wildman–Crippen MR) is 61.1 cm³/mol. The van der Waals surface area contributed by atoms with Crippen molar-refractivity contribution in [1.82, 2.24) is 15.0 Å².